The van der Waals surface area contributed by atoms with Gasteiger partial charge in [0.1, 0.15) is 11.5 Å². The number of fused-ring (bicyclic) bond motifs is 3. The van der Waals surface area contributed by atoms with E-state index in [1.54, 1.807) is 7.11 Å². The maximum atomic E-state index is 12.3. The molecule has 0 N–H and O–H groups in total. The van der Waals surface area contributed by atoms with Crippen LogP contribution in [0.3, 0.4) is 0 Å². The van der Waals surface area contributed by atoms with Gasteiger partial charge in [-0.3, -0.25) is 4.79 Å². The lowest BCUT2D eigenvalue weighted by atomic mass is 9.62. The number of hydrogen-bond donors (Lipinski definition) is 0. The Morgan fingerprint density at radius 2 is 1.94 bits per heavy atom. The Labute approximate surface area is 107 Å². The second-order valence-electron chi connectivity index (χ2n) is 5.77. The van der Waals surface area contributed by atoms with E-state index in [4.69, 9.17) is 9.47 Å². The molecule has 3 rings (SSSR count). The molecule has 0 saturated heterocycles. The van der Waals surface area contributed by atoms with Crippen molar-refractivity contribution in [3.63, 3.8) is 0 Å². The zero-order chi connectivity index (χ0) is 13.0. The van der Waals surface area contributed by atoms with Crippen molar-refractivity contribution < 1.29 is 14.3 Å². The van der Waals surface area contributed by atoms with Crippen LogP contribution in [-0.4, -0.2) is 13.1 Å². The topological polar surface area (TPSA) is 35.5 Å². The van der Waals surface area contributed by atoms with Gasteiger partial charge < -0.3 is 9.47 Å². The van der Waals surface area contributed by atoms with Crippen molar-refractivity contribution in [2.24, 2.45) is 5.41 Å². The van der Waals surface area contributed by atoms with Gasteiger partial charge in [0.25, 0.3) is 0 Å². The minimum absolute atomic E-state index is 0.0942. The van der Waals surface area contributed by atoms with E-state index in [-0.39, 0.29) is 16.8 Å². The molecule has 1 aliphatic heterocycles. The first kappa shape index (κ1) is 11.6. The third kappa shape index (κ3) is 1.22. The van der Waals surface area contributed by atoms with Crippen LogP contribution in [0.15, 0.2) is 18.2 Å². The van der Waals surface area contributed by atoms with Gasteiger partial charge in [0.05, 0.1) is 12.5 Å². The average molecular weight is 246 g/mol. The van der Waals surface area contributed by atoms with E-state index in [9.17, 15) is 4.79 Å². The average Bonchev–Trinajstić information content (AvgIpc) is 2.67. The first-order valence-corrected chi connectivity index (χ1v) is 6.42. The van der Waals surface area contributed by atoms with Crippen LogP contribution in [0.2, 0.25) is 0 Å². The van der Waals surface area contributed by atoms with Crippen LogP contribution >= 0.6 is 0 Å². The van der Waals surface area contributed by atoms with Gasteiger partial charge in [-0.05, 0) is 25.8 Å². The summed E-state index contributed by atoms with van der Waals surface area (Å²) < 4.78 is 10.7. The Morgan fingerprint density at radius 3 is 2.67 bits per heavy atom. The maximum absolute atomic E-state index is 12.3. The Bertz CT molecular complexity index is 522. The SMILES string of the molecule is COc1ccc2c(c1)OC(=O)[C@]1(C)CCC[C@]21C. The maximum Gasteiger partial charge on any atom is 0.318 e. The van der Waals surface area contributed by atoms with Gasteiger partial charge in [-0.15, -0.1) is 0 Å². The highest BCUT2D eigenvalue weighted by atomic mass is 16.5. The number of methoxy groups -OCH3 is 1. The number of rotatable bonds is 1. The molecule has 2 atom stereocenters. The van der Waals surface area contributed by atoms with Crippen molar-refractivity contribution in [1.29, 1.82) is 0 Å². The molecule has 0 spiro atoms. The predicted molar refractivity (Wildman–Crippen MR) is 67.9 cm³/mol. The Morgan fingerprint density at radius 1 is 1.22 bits per heavy atom. The minimum atomic E-state index is -0.380. The summed E-state index contributed by atoms with van der Waals surface area (Å²) in [6, 6.07) is 5.81. The minimum Gasteiger partial charge on any atom is -0.497 e. The molecule has 96 valence electrons. The lowest BCUT2D eigenvalue weighted by Gasteiger charge is -2.43. The highest BCUT2D eigenvalue weighted by Crippen LogP contribution is 2.59. The van der Waals surface area contributed by atoms with E-state index in [2.05, 4.69) is 6.92 Å². The summed E-state index contributed by atoms with van der Waals surface area (Å²) in [5, 5.41) is 0. The molecule has 0 bridgehead atoms. The predicted octanol–water partition coefficient (Wildman–Crippen LogP) is 3.06. The van der Waals surface area contributed by atoms with E-state index in [1.165, 1.54) is 0 Å². The van der Waals surface area contributed by atoms with E-state index in [0.717, 1.165) is 30.6 Å². The van der Waals surface area contributed by atoms with Crippen LogP contribution in [0.25, 0.3) is 0 Å². The number of carbonyl (C=O) groups is 1. The number of ether oxygens (including phenoxy) is 2. The summed E-state index contributed by atoms with van der Waals surface area (Å²) in [4.78, 5) is 12.3. The second-order valence-corrected chi connectivity index (χ2v) is 5.77. The molecule has 2 aliphatic rings. The molecule has 1 aromatic carbocycles. The molecule has 1 heterocycles. The molecule has 0 aromatic heterocycles. The van der Waals surface area contributed by atoms with Crippen molar-refractivity contribution in [3.8, 4) is 11.5 Å². The third-order valence-electron chi connectivity index (χ3n) is 5.01. The normalized spacial score (nSPS) is 33.6. The highest BCUT2D eigenvalue weighted by Gasteiger charge is 2.58. The first-order valence-electron chi connectivity index (χ1n) is 6.42. The number of carbonyl (C=O) groups excluding carboxylic acids is 1. The fourth-order valence-corrected chi connectivity index (χ4v) is 3.49. The molecular formula is C15H18O3. The van der Waals surface area contributed by atoms with E-state index in [1.807, 2.05) is 25.1 Å². The van der Waals surface area contributed by atoms with Crippen LogP contribution < -0.4 is 9.47 Å². The van der Waals surface area contributed by atoms with Gasteiger partial charge in [-0.2, -0.15) is 0 Å². The molecule has 1 fully saturated rings. The van der Waals surface area contributed by atoms with E-state index < -0.39 is 0 Å². The lowest BCUT2D eigenvalue weighted by Crippen LogP contribution is -2.48. The Kier molecular flexibility index (Phi) is 2.25. The van der Waals surface area contributed by atoms with Crippen molar-refractivity contribution in [2.45, 2.75) is 38.5 Å². The van der Waals surface area contributed by atoms with Crippen LogP contribution in [0, 0.1) is 5.41 Å². The van der Waals surface area contributed by atoms with Gasteiger partial charge in [0.15, 0.2) is 0 Å². The smallest absolute Gasteiger partial charge is 0.318 e. The summed E-state index contributed by atoms with van der Waals surface area (Å²) in [6.45, 7) is 4.22. The summed E-state index contributed by atoms with van der Waals surface area (Å²) in [5.74, 6) is 1.30. The monoisotopic (exact) mass is 246 g/mol. The molecule has 0 unspecified atom stereocenters. The van der Waals surface area contributed by atoms with Gasteiger partial charge in [-0.25, -0.2) is 0 Å². The summed E-state index contributed by atoms with van der Waals surface area (Å²) in [5.41, 5.74) is 0.654. The van der Waals surface area contributed by atoms with Gasteiger partial charge in [-0.1, -0.05) is 19.4 Å². The van der Waals surface area contributed by atoms with Crippen LogP contribution in [0.1, 0.15) is 38.7 Å². The molecule has 0 amide bonds. The van der Waals surface area contributed by atoms with Gasteiger partial charge in [0, 0.05) is 17.0 Å². The Balaban J connectivity index is 2.20. The number of hydrogen-bond acceptors (Lipinski definition) is 3. The first-order chi connectivity index (χ1) is 8.51. The molecule has 1 aliphatic carbocycles. The summed E-state index contributed by atoms with van der Waals surface area (Å²) in [7, 11) is 1.62. The molecule has 1 saturated carbocycles. The van der Waals surface area contributed by atoms with Crippen LogP contribution in [0.5, 0.6) is 11.5 Å². The fourth-order valence-electron chi connectivity index (χ4n) is 3.49. The third-order valence-corrected chi connectivity index (χ3v) is 5.01. The van der Waals surface area contributed by atoms with Gasteiger partial charge in [0.2, 0.25) is 0 Å². The second kappa shape index (κ2) is 3.50. The van der Waals surface area contributed by atoms with Crippen LogP contribution in [-0.2, 0) is 10.2 Å². The molecule has 0 radical (unpaired) electrons. The molecule has 1 aromatic rings. The molecular weight excluding hydrogens is 228 g/mol. The highest BCUT2D eigenvalue weighted by molar-refractivity contribution is 5.84. The number of esters is 1. The van der Waals surface area contributed by atoms with Crippen LogP contribution in [0.4, 0.5) is 0 Å². The molecule has 3 nitrogen and oxygen atoms in total. The Hall–Kier alpha value is -1.51. The summed E-state index contributed by atoms with van der Waals surface area (Å²) in [6.07, 6.45) is 3.03. The molecule has 3 heteroatoms. The van der Waals surface area contributed by atoms with E-state index >= 15 is 0 Å². The van der Waals surface area contributed by atoms with Crippen molar-refractivity contribution in [3.05, 3.63) is 23.8 Å². The zero-order valence-corrected chi connectivity index (χ0v) is 11.1. The zero-order valence-electron chi connectivity index (χ0n) is 11.1. The van der Waals surface area contributed by atoms with Crippen molar-refractivity contribution >= 4 is 5.97 Å². The summed E-state index contributed by atoms with van der Waals surface area (Å²) >= 11 is 0. The van der Waals surface area contributed by atoms with Crippen molar-refractivity contribution in [2.75, 3.05) is 7.11 Å². The van der Waals surface area contributed by atoms with Crippen molar-refractivity contribution in [1.82, 2.24) is 0 Å². The van der Waals surface area contributed by atoms with E-state index in [0.29, 0.717) is 5.75 Å². The molecule has 18 heavy (non-hydrogen) atoms. The quantitative estimate of drug-likeness (QED) is 0.564. The lowest BCUT2D eigenvalue weighted by molar-refractivity contribution is -0.150. The largest absolute Gasteiger partial charge is 0.497 e. The fraction of sp³-hybridized carbons (Fsp3) is 0.533. The van der Waals surface area contributed by atoms with Gasteiger partial charge >= 0.3 is 5.97 Å². The number of benzene rings is 1. The standard InChI is InChI=1S/C15H18O3/c1-14-7-4-8-15(14,2)13(16)18-12-9-10(17-3)5-6-11(12)14/h5-6,9H,4,7-8H2,1-3H3/t14-,15+/m1/s1.